The standard InChI is InChI=1S/C23H14BrN3O2/c24-19-8-2-5-16-17(19)6-1-7-18(16)22(28)26-15-9-10-21-20(12-15)27-23(29-21)14-4-3-11-25-13-14/h1-13H,(H,26,28). The number of nitrogens with zero attached hydrogens (tertiary/aromatic N) is 2. The number of benzene rings is 3. The predicted molar refractivity (Wildman–Crippen MR) is 117 cm³/mol. The van der Waals surface area contributed by atoms with Crippen LogP contribution in [-0.2, 0) is 0 Å². The molecule has 0 aliphatic rings. The average molecular weight is 444 g/mol. The van der Waals surface area contributed by atoms with E-state index in [2.05, 4.69) is 31.2 Å². The van der Waals surface area contributed by atoms with Crippen LogP contribution < -0.4 is 5.32 Å². The van der Waals surface area contributed by atoms with Crippen molar-refractivity contribution in [3.8, 4) is 11.5 Å². The molecule has 0 fully saturated rings. The first-order chi connectivity index (χ1) is 14.2. The van der Waals surface area contributed by atoms with E-state index >= 15 is 0 Å². The van der Waals surface area contributed by atoms with Gasteiger partial charge >= 0.3 is 0 Å². The second-order valence-electron chi connectivity index (χ2n) is 6.54. The molecule has 0 atom stereocenters. The highest BCUT2D eigenvalue weighted by Crippen LogP contribution is 2.28. The highest BCUT2D eigenvalue weighted by Gasteiger charge is 2.13. The molecule has 0 radical (unpaired) electrons. The molecule has 0 unspecified atom stereocenters. The second kappa shape index (κ2) is 7.14. The van der Waals surface area contributed by atoms with Crippen LogP contribution in [0.4, 0.5) is 5.69 Å². The monoisotopic (exact) mass is 443 g/mol. The lowest BCUT2D eigenvalue weighted by molar-refractivity contribution is 0.102. The van der Waals surface area contributed by atoms with Crippen molar-refractivity contribution in [2.75, 3.05) is 5.32 Å². The normalized spacial score (nSPS) is 11.1. The molecule has 1 N–H and O–H groups in total. The molecule has 0 spiro atoms. The van der Waals surface area contributed by atoms with Crippen LogP contribution in [0.2, 0.25) is 0 Å². The quantitative estimate of drug-likeness (QED) is 0.368. The summed E-state index contributed by atoms with van der Waals surface area (Å²) >= 11 is 3.54. The maximum atomic E-state index is 12.9. The van der Waals surface area contributed by atoms with Gasteiger partial charge in [-0.15, -0.1) is 0 Å². The van der Waals surface area contributed by atoms with Crippen LogP contribution in [0.15, 0.2) is 88.0 Å². The molecular weight excluding hydrogens is 430 g/mol. The van der Waals surface area contributed by atoms with Gasteiger partial charge in [-0.2, -0.15) is 0 Å². The topological polar surface area (TPSA) is 68.0 Å². The minimum Gasteiger partial charge on any atom is -0.436 e. The van der Waals surface area contributed by atoms with E-state index in [1.54, 1.807) is 30.6 Å². The maximum Gasteiger partial charge on any atom is 0.256 e. The SMILES string of the molecule is O=C(Nc1ccc2oc(-c3cccnc3)nc2c1)c1cccc2c(Br)cccc12. The number of carbonyl (C=O) groups excluding carboxylic acids is 1. The maximum absolute atomic E-state index is 12.9. The minimum absolute atomic E-state index is 0.177. The molecule has 0 aliphatic carbocycles. The number of halogens is 1. The molecule has 3 aromatic carbocycles. The van der Waals surface area contributed by atoms with Gasteiger partial charge in [0.1, 0.15) is 5.52 Å². The first kappa shape index (κ1) is 17.6. The van der Waals surface area contributed by atoms with E-state index < -0.39 is 0 Å². The fourth-order valence-electron chi connectivity index (χ4n) is 3.29. The lowest BCUT2D eigenvalue weighted by atomic mass is 10.0. The van der Waals surface area contributed by atoms with Crippen molar-refractivity contribution >= 4 is 49.4 Å². The van der Waals surface area contributed by atoms with E-state index in [0.717, 1.165) is 20.8 Å². The van der Waals surface area contributed by atoms with E-state index in [1.165, 1.54) is 0 Å². The lowest BCUT2D eigenvalue weighted by Gasteiger charge is -2.09. The molecule has 29 heavy (non-hydrogen) atoms. The largest absolute Gasteiger partial charge is 0.436 e. The van der Waals surface area contributed by atoms with Gasteiger partial charge in [-0.3, -0.25) is 9.78 Å². The summed E-state index contributed by atoms with van der Waals surface area (Å²) in [5.41, 5.74) is 3.38. The van der Waals surface area contributed by atoms with Gasteiger partial charge in [0, 0.05) is 28.1 Å². The summed E-state index contributed by atoms with van der Waals surface area (Å²) in [4.78, 5) is 21.5. The Hall–Kier alpha value is -3.51. The van der Waals surface area contributed by atoms with E-state index in [9.17, 15) is 4.79 Å². The molecule has 5 rings (SSSR count). The van der Waals surface area contributed by atoms with Crippen LogP contribution in [0.3, 0.4) is 0 Å². The van der Waals surface area contributed by atoms with E-state index in [1.807, 2.05) is 48.5 Å². The fraction of sp³-hybridized carbons (Fsp3) is 0. The number of hydrogen-bond donors (Lipinski definition) is 1. The highest BCUT2D eigenvalue weighted by molar-refractivity contribution is 9.10. The molecule has 2 aromatic heterocycles. The zero-order valence-corrected chi connectivity index (χ0v) is 16.7. The van der Waals surface area contributed by atoms with Crippen LogP contribution in [0.25, 0.3) is 33.3 Å². The van der Waals surface area contributed by atoms with Crippen molar-refractivity contribution < 1.29 is 9.21 Å². The smallest absolute Gasteiger partial charge is 0.256 e. The fourth-order valence-corrected chi connectivity index (χ4v) is 3.78. The van der Waals surface area contributed by atoms with Gasteiger partial charge in [0.05, 0.1) is 5.56 Å². The zero-order chi connectivity index (χ0) is 19.8. The summed E-state index contributed by atoms with van der Waals surface area (Å²) < 4.78 is 6.76. The van der Waals surface area contributed by atoms with Gasteiger partial charge in [-0.1, -0.05) is 40.2 Å². The Morgan fingerprint density at radius 3 is 2.69 bits per heavy atom. The van der Waals surface area contributed by atoms with Gasteiger partial charge in [-0.05, 0) is 53.2 Å². The number of aromatic nitrogens is 2. The van der Waals surface area contributed by atoms with Gasteiger partial charge in [0.15, 0.2) is 5.58 Å². The summed E-state index contributed by atoms with van der Waals surface area (Å²) in [6.07, 6.45) is 3.40. The first-order valence-corrected chi connectivity index (χ1v) is 9.78. The molecule has 0 bridgehead atoms. The van der Waals surface area contributed by atoms with Crippen LogP contribution in [0, 0.1) is 0 Å². The molecular formula is C23H14BrN3O2. The summed E-state index contributed by atoms with van der Waals surface area (Å²) in [6, 6.07) is 20.6. The van der Waals surface area contributed by atoms with Crippen LogP contribution in [0.5, 0.6) is 0 Å². The highest BCUT2D eigenvalue weighted by atomic mass is 79.9. The number of fused-ring (bicyclic) bond motifs is 2. The Balaban J connectivity index is 1.48. The first-order valence-electron chi connectivity index (χ1n) is 8.99. The second-order valence-corrected chi connectivity index (χ2v) is 7.39. The van der Waals surface area contributed by atoms with E-state index in [0.29, 0.717) is 28.2 Å². The predicted octanol–water partition coefficient (Wildman–Crippen LogP) is 6.06. The van der Waals surface area contributed by atoms with Gasteiger partial charge in [0.25, 0.3) is 5.91 Å². The van der Waals surface area contributed by atoms with Crippen LogP contribution in [0.1, 0.15) is 10.4 Å². The van der Waals surface area contributed by atoms with Crippen molar-refractivity contribution in [1.29, 1.82) is 0 Å². The molecule has 6 heteroatoms. The molecule has 0 aliphatic heterocycles. The van der Waals surface area contributed by atoms with Crippen molar-refractivity contribution in [3.05, 3.63) is 89.2 Å². The number of carbonyl (C=O) groups is 1. The summed E-state index contributed by atoms with van der Waals surface area (Å²) in [5.74, 6) is 0.319. The average Bonchev–Trinajstić information content (AvgIpc) is 3.18. The Labute approximate surface area is 174 Å². The molecule has 0 saturated heterocycles. The van der Waals surface area contributed by atoms with Crippen molar-refractivity contribution in [2.24, 2.45) is 0 Å². The number of anilines is 1. The molecule has 2 heterocycles. The van der Waals surface area contributed by atoms with Gasteiger partial charge in [-0.25, -0.2) is 4.98 Å². The van der Waals surface area contributed by atoms with Crippen LogP contribution in [-0.4, -0.2) is 15.9 Å². The van der Waals surface area contributed by atoms with Gasteiger partial charge < -0.3 is 9.73 Å². The Bertz CT molecular complexity index is 1360. The van der Waals surface area contributed by atoms with Gasteiger partial charge in [0.2, 0.25) is 5.89 Å². The van der Waals surface area contributed by atoms with E-state index in [-0.39, 0.29) is 5.91 Å². The Morgan fingerprint density at radius 1 is 0.966 bits per heavy atom. The summed E-state index contributed by atoms with van der Waals surface area (Å²) in [5, 5.41) is 4.85. The molecule has 1 amide bonds. The number of nitrogens with one attached hydrogen (secondary N) is 1. The minimum atomic E-state index is -0.177. The third kappa shape index (κ3) is 3.28. The number of oxazole rings is 1. The van der Waals surface area contributed by atoms with Crippen LogP contribution >= 0.6 is 15.9 Å². The molecule has 140 valence electrons. The number of amides is 1. The molecule has 0 saturated carbocycles. The molecule has 5 aromatic rings. The zero-order valence-electron chi connectivity index (χ0n) is 15.1. The van der Waals surface area contributed by atoms with Crippen molar-refractivity contribution in [1.82, 2.24) is 9.97 Å². The van der Waals surface area contributed by atoms with E-state index in [4.69, 9.17) is 4.42 Å². The Kier molecular flexibility index (Phi) is 4.33. The summed E-state index contributed by atoms with van der Waals surface area (Å²) in [6.45, 7) is 0. The van der Waals surface area contributed by atoms with Crippen molar-refractivity contribution in [3.63, 3.8) is 0 Å². The third-order valence-electron chi connectivity index (χ3n) is 4.67. The number of pyridine rings is 1. The Morgan fingerprint density at radius 2 is 1.83 bits per heavy atom. The third-order valence-corrected chi connectivity index (χ3v) is 5.36. The molecule has 5 nitrogen and oxygen atoms in total. The summed E-state index contributed by atoms with van der Waals surface area (Å²) in [7, 11) is 0. The van der Waals surface area contributed by atoms with Crippen molar-refractivity contribution in [2.45, 2.75) is 0 Å². The number of rotatable bonds is 3. The number of hydrogen-bond acceptors (Lipinski definition) is 4. The lowest BCUT2D eigenvalue weighted by Crippen LogP contribution is -2.12.